The van der Waals surface area contributed by atoms with Crippen LogP contribution in [0.15, 0.2) is 30.3 Å². The Morgan fingerprint density at radius 1 is 1.32 bits per heavy atom. The average Bonchev–Trinajstić information content (AvgIpc) is 2.77. The smallest absolute Gasteiger partial charge is 0.408 e. The number of benzene rings is 1. The van der Waals surface area contributed by atoms with Crippen LogP contribution in [0.1, 0.15) is 25.6 Å². The fourth-order valence-corrected chi connectivity index (χ4v) is 3.10. The van der Waals surface area contributed by atoms with Crippen molar-refractivity contribution in [3.05, 3.63) is 35.2 Å². The number of carboxylic acids is 1. The number of carbonyl (C=O) groups excluding carboxylic acids is 1. The second-order valence-electron chi connectivity index (χ2n) is 5.99. The molecule has 1 aromatic heterocycles. The summed E-state index contributed by atoms with van der Waals surface area (Å²) in [6.45, 7) is 5.19. The third-order valence-electron chi connectivity index (χ3n) is 2.87. The molecule has 2 N–H and O–H groups in total. The predicted octanol–water partition coefficient (Wildman–Crippen LogP) is 3.42. The molecule has 5 nitrogen and oxygen atoms in total. The first-order valence-electron chi connectivity index (χ1n) is 6.94. The Hall–Kier alpha value is -2.08. The number of nitrogens with one attached hydrogen (secondary N) is 1. The van der Waals surface area contributed by atoms with Gasteiger partial charge in [-0.15, -0.1) is 11.3 Å². The van der Waals surface area contributed by atoms with E-state index in [0.29, 0.717) is 0 Å². The van der Waals surface area contributed by atoms with Crippen LogP contribution in [0.25, 0.3) is 10.1 Å². The molecule has 1 amide bonds. The predicted molar refractivity (Wildman–Crippen MR) is 86.3 cm³/mol. The maximum atomic E-state index is 11.7. The zero-order valence-electron chi connectivity index (χ0n) is 12.8. The minimum Gasteiger partial charge on any atom is -0.480 e. The molecule has 0 aliphatic heterocycles. The minimum atomic E-state index is -1.08. The Labute approximate surface area is 132 Å². The molecule has 2 rings (SSSR count). The normalized spacial score (nSPS) is 12.9. The van der Waals surface area contributed by atoms with Gasteiger partial charge in [-0.05, 0) is 38.3 Å². The van der Waals surface area contributed by atoms with E-state index in [-0.39, 0.29) is 6.42 Å². The lowest BCUT2D eigenvalue weighted by Crippen LogP contribution is -2.44. The van der Waals surface area contributed by atoms with Gasteiger partial charge in [-0.2, -0.15) is 0 Å². The average molecular weight is 321 g/mol. The lowest BCUT2D eigenvalue weighted by molar-refractivity contribution is -0.139. The van der Waals surface area contributed by atoms with Gasteiger partial charge in [0.2, 0.25) is 0 Å². The highest BCUT2D eigenvalue weighted by molar-refractivity contribution is 7.19. The van der Waals surface area contributed by atoms with E-state index in [4.69, 9.17) is 4.74 Å². The van der Waals surface area contributed by atoms with Crippen LogP contribution in [0.5, 0.6) is 0 Å². The van der Waals surface area contributed by atoms with E-state index in [2.05, 4.69) is 5.32 Å². The highest BCUT2D eigenvalue weighted by Crippen LogP contribution is 2.26. The molecule has 0 fully saturated rings. The topological polar surface area (TPSA) is 75.6 Å². The summed E-state index contributed by atoms with van der Waals surface area (Å²) in [5, 5.41) is 12.8. The van der Waals surface area contributed by atoms with E-state index in [1.807, 2.05) is 30.3 Å². The number of hydrogen-bond donors (Lipinski definition) is 2. The van der Waals surface area contributed by atoms with Crippen LogP contribution in [0.2, 0.25) is 0 Å². The summed E-state index contributed by atoms with van der Waals surface area (Å²) in [6.07, 6.45) is -0.491. The van der Waals surface area contributed by atoms with Crippen molar-refractivity contribution >= 4 is 33.5 Å². The molecule has 0 unspecified atom stereocenters. The van der Waals surface area contributed by atoms with E-state index < -0.39 is 23.7 Å². The number of alkyl carbamates (subject to hydrolysis) is 1. The van der Waals surface area contributed by atoms with Gasteiger partial charge in [0.25, 0.3) is 0 Å². The molecule has 0 aliphatic rings. The second-order valence-corrected chi connectivity index (χ2v) is 7.16. The van der Waals surface area contributed by atoms with Crippen molar-refractivity contribution in [2.75, 3.05) is 0 Å². The van der Waals surface area contributed by atoms with Crippen LogP contribution in [-0.4, -0.2) is 28.8 Å². The van der Waals surface area contributed by atoms with Gasteiger partial charge in [-0.25, -0.2) is 9.59 Å². The second kappa shape index (κ2) is 6.36. The van der Waals surface area contributed by atoms with Crippen molar-refractivity contribution in [3.63, 3.8) is 0 Å². The van der Waals surface area contributed by atoms with Gasteiger partial charge in [0.05, 0.1) is 0 Å². The first-order chi connectivity index (χ1) is 10.2. The Bertz CT molecular complexity index is 654. The van der Waals surface area contributed by atoms with Crippen molar-refractivity contribution in [2.24, 2.45) is 0 Å². The summed E-state index contributed by atoms with van der Waals surface area (Å²) in [5.41, 5.74) is -0.662. The summed E-state index contributed by atoms with van der Waals surface area (Å²) in [7, 11) is 0. The van der Waals surface area contributed by atoms with Crippen LogP contribution >= 0.6 is 11.3 Å². The Kier molecular flexibility index (Phi) is 4.71. The van der Waals surface area contributed by atoms with Gasteiger partial charge >= 0.3 is 12.1 Å². The zero-order valence-corrected chi connectivity index (χ0v) is 13.6. The molecule has 1 atom stereocenters. The molecular formula is C16H19NO4S. The number of rotatable bonds is 4. The van der Waals surface area contributed by atoms with Crippen molar-refractivity contribution < 1.29 is 19.4 Å². The standard InChI is InChI=1S/C16H19NO4S/c1-16(2,3)21-15(20)17-12(14(18)19)9-11-8-10-6-4-5-7-13(10)22-11/h4-8,12H,9H2,1-3H3,(H,17,20)(H,18,19)/t12-/m1/s1. The summed E-state index contributed by atoms with van der Waals surface area (Å²) in [6, 6.07) is 8.78. The summed E-state index contributed by atoms with van der Waals surface area (Å²) < 4.78 is 6.20. The van der Waals surface area contributed by atoms with Crippen LogP contribution in [0.4, 0.5) is 4.79 Å². The van der Waals surface area contributed by atoms with E-state index in [1.165, 1.54) is 11.3 Å². The van der Waals surface area contributed by atoms with Crippen molar-refractivity contribution in [2.45, 2.75) is 38.8 Å². The fourth-order valence-electron chi connectivity index (χ4n) is 1.99. The van der Waals surface area contributed by atoms with Gasteiger partial charge in [-0.1, -0.05) is 18.2 Å². The molecule has 0 bridgehead atoms. The zero-order chi connectivity index (χ0) is 16.3. The summed E-state index contributed by atoms with van der Waals surface area (Å²) in [5.74, 6) is -1.08. The van der Waals surface area contributed by atoms with Crippen LogP contribution in [0, 0.1) is 0 Å². The van der Waals surface area contributed by atoms with E-state index in [0.717, 1.165) is 15.0 Å². The molecular weight excluding hydrogens is 302 g/mol. The Morgan fingerprint density at radius 2 is 2.00 bits per heavy atom. The van der Waals surface area contributed by atoms with Gasteiger partial charge in [0.15, 0.2) is 0 Å². The molecule has 0 spiro atoms. The number of amides is 1. The number of fused-ring (bicyclic) bond motifs is 1. The quantitative estimate of drug-likeness (QED) is 0.904. The molecule has 2 aromatic rings. The highest BCUT2D eigenvalue weighted by atomic mass is 32.1. The molecule has 1 heterocycles. The van der Waals surface area contributed by atoms with Crippen molar-refractivity contribution in [3.8, 4) is 0 Å². The molecule has 0 radical (unpaired) electrons. The van der Waals surface area contributed by atoms with Crippen molar-refractivity contribution in [1.29, 1.82) is 0 Å². The molecule has 118 valence electrons. The van der Waals surface area contributed by atoms with Crippen LogP contribution in [-0.2, 0) is 16.0 Å². The van der Waals surface area contributed by atoms with E-state index in [1.54, 1.807) is 20.8 Å². The Morgan fingerprint density at radius 3 is 2.59 bits per heavy atom. The molecule has 1 aromatic carbocycles. The maximum absolute atomic E-state index is 11.7. The number of carbonyl (C=O) groups is 2. The monoisotopic (exact) mass is 321 g/mol. The SMILES string of the molecule is CC(C)(C)OC(=O)N[C@H](Cc1cc2ccccc2s1)C(=O)O. The lowest BCUT2D eigenvalue weighted by Gasteiger charge is -2.21. The molecule has 22 heavy (non-hydrogen) atoms. The summed E-state index contributed by atoms with van der Waals surface area (Å²) in [4.78, 5) is 24.0. The first kappa shape index (κ1) is 16.3. The van der Waals surface area contributed by atoms with Gasteiger partial charge in [0.1, 0.15) is 11.6 Å². The van der Waals surface area contributed by atoms with Gasteiger partial charge in [0, 0.05) is 16.0 Å². The van der Waals surface area contributed by atoms with E-state index >= 15 is 0 Å². The molecule has 0 aliphatic carbocycles. The number of ether oxygens (including phenoxy) is 1. The van der Waals surface area contributed by atoms with Gasteiger partial charge < -0.3 is 15.2 Å². The van der Waals surface area contributed by atoms with Crippen molar-refractivity contribution in [1.82, 2.24) is 5.32 Å². The van der Waals surface area contributed by atoms with E-state index in [9.17, 15) is 14.7 Å². The fraction of sp³-hybridized carbons (Fsp3) is 0.375. The first-order valence-corrected chi connectivity index (χ1v) is 7.76. The number of thiophene rings is 1. The number of hydrogen-bond acceptors (Lipinski definition) is 4. The van der Waals surface area contributed by atoms with Gasteiger partial charge in [-0.3, -0.25) is 0 Å². The molecule has 6 heteroatoms. The number of carboxylic acid groups (broad SMARTS) is 1. The molecule has 0 saturated heterocycles. The highest BCUT2D eigenvalue weighted by Gasteiger charge is 2.24. The minimum absolute atomic E-state index is 0.230. The third kappa shape index (κ3) is 4.46. The molecule has 0 saturated carbocycles. The third-order valence-corrected chi connectivity index (χ3v) is 4.01. The maximum Gasteiger partial charge on any atom is 0.408 e. The lowest BCUT2D eigenvalue weighted by atomic mass is 10.1. The summed E-state index contributed by atoms with van der Waals surface area (Å²) >= 11 is 1.53. The van der Waals surface area contributed by atoms with Crippen LogP contribution < -0.4 is 5.32 Å². The van der Waals surface area contributed by atoms with Crippen LogP contribution in [0.3, 0.4) is 0 Å². The largest absolute Gasteiger partial charge is 0.480 e. The number of aliphatic carboxylic acids is 1. The Balaban J connectivity index is 2.08.